The third-order valence-electron chi connectivity index (χ3n) is 3.02. The van der Waals surface area contributed by atoms with Crippen molar-refractivity contribution in [1.82, 2.24) is 0 Å². The maximum absolute atomic E-state index is 13.1. The Morgan fingerprint density at radius 1 is 1.20 bits per heavy atom. The van der Waals surface area contributed by atoms with Crippen LogP contribution in [-0.4, -0.2) is 11.7 Å². The summed E-state index contributed by atoms with van der Waals surface area (Å²) < 4.78 is 19.2. The van der Waals surface area contributed by atoms with Gasteiger partial charge in [-0.05, 0) is 43.7 Å². The number of aliphatic hydroxyl groups excluding tert-OH is 1. The Labute approximate surface area is 126 Å². The summed E-state index contributed by atoms with van der Waals surface area (Å²) in [5, 5.41) is 10.6. The van der Waals surface area contributed by atoms with Crippen molar-refractivity contribution in [3.05, 3.63) is 63.4 Å². The highest BCUT2D eigenvalue weighted by atomic mass is 79.9. The molecule has 2 nitrogen and oxygen atoms in total. The van der Waals surface area contributed by atoms with Gasteiger partial charge in [0.25, 0.3) is 0 Å². The number of benzene rings is 2. The molecular formula is C16H16BrFO2. The largest absolute Gasteiger partial charge is 0.493 e. The summed E-state index contributed by atoms with van der Waals surface area (Å²) in [6.45, 7) is 4.36. The maximum Gasteiger partial charge on any atom is 0.125 e. The quantitative estimate of drug-likeness (QED) is 0.896. The first-order valence-electron chi connectivity index (χ1n) is 6.39. The fourth-order valence-electron chi connectivity index (χ4n) is 2.06. The topological polar surface area (TPSA) is 29.5 Å². The zero-order valence-corrected chi connectivity index (χ0v) is 12.9. The minimum Gasteiger partial charge on any atom is -0.493 e. The normalized spacial score (nSPS) is 12.2. The molecule has 0 saturated carbocycles. The molecule has 0 amide bonds. The molecule has 0 fully saturated rings. The van der Waals surface area contributed by atoms with Crippen molar-refractivity contribution in [2.24, 2.45) is 0 Å². The number of aryl methyl sites for hydroxylation is 1. The molecule has 20 heavy (non-hydrogen) atoms. The fraction of sp³-hybridized carbons (Fsp3) is 0.250. The van der Waals surface area contributed by atoms with E-state index in [-0.39, 0.29) is 5.82 Å². The van der Waals surface area contributed by atoms with Gasteiger partial charge in [0.1, 0.15) is 17.7 Å². The van der Waals surface area contributed by atoms with Crippen LogP contribution < -0.4 is 4.74 Å². The van der Waals surface area contributed by atoms with E-state index < -0.39 is 6.10 Å². The Balaban J connectivity index is 2.46. The van der Waals surface area contributed by atoms with E-state index in [0.717, 1.165) is 5.56 Å². The molecule has 1 atom stereocenters. The Morgan fingerprint density at radius 3 is 2.60 bits per heavy atom. The average molecular weight is 339 g/mol. The van der Waals surface area contributed by atoms with E-state index in [2.05, 4.69) is 15.9 Å². The Hall–Kier alpha value is -1.39. The molecule has 0 aliphatic rings. The van der Waals surface area contributed by atoms with E-state index in [1.807, 2.05) is 32.0 Å². The minimum atomic E-state index is -0.869. The van der Waals surface area contributed by atoms with E-state index in [1.54, 1.807) is 6.07 Å². The van der Waals surface area contributed by atoms with Crippen molar-refractivity contribution < 1.29 is 14.2 Å². The number of aliphatic hydroxyl groups is 1. The molecule has 0 radical (unpaired) electrons. The van der Waals surface area contributed by atoms with Crippen molar-refractivity contribution >= 4 is 15.9 Å². The van der Waals surface area contributed by atoms with Gasteiger partial charge >= 0.3 is 0 Å². The van der Waals surface area contributed by atoms with Gasteiger partial charge in [0, 0.05) is 10.0 Å². The Bertz CT molecular complexity index is 613. The van der Waals surface area contributed by atoms with Crippen molar-refractivity contribution in [1.29, 1.82) is 0 Å². The molecular weight excluding hydrogens is 323 g/mol. The van der Waals surface area contributed by atoms with Gasteiger partial charge in [-0.2, -0.15) is 0 Å². The predicted octanol–water partition coefficient (Wildman–Crippen LogP) is 4.38. The van der Waals surface area contributed by atoms with Gasteiger partial charge in [-0.1, -0.05) is 33.6 Å². The standard InChI is InChI=1S/C16H16BrFO2/c1-3-20-15-7-4-10(2)8-13(15)16(19)12-6-5-11(18)9-14(12)17/h4-9,16,19H,3H2,1-2H3. The Morgan fingerprint density at radius 2 is 1.95 bits per heavy atom. The molecule has 1 N–H and O–H groups in total. The fourth-order valence-corrected chi connectivity index (χ4v) is 2.63. The van der Waals surface area contributed by atoms with Crippen LogP contribution in [0.4, 0.5) is 4.39 Å². The second-order valence-electron chi connectivity index (χ2n) is 4.54. The third kappa shape index (κ3) is 3.19. The van der Waals surface area contributed by atoms with Crippen LogP contribution in [0.3, 0.4) is 0 Å². The lowest BCUT2D eigenvalue weighted by Crippen LogP contribution is -2.05. The number of halogens is 2. The summed E-state index contributed by atoms with van der Waals surface area (Å²) in [4.78, 5) is 0. The lowest BCUT2D eigenvalue weighted by Gasteiger charge is -2.18. The van der Waals surface area contributed by atoms with Crippen LogP contribution in [0.1, 0.15) is 29.7 Å². The van der Waals surface area contributed by atoms with Crippen LogP contribution in [-0.2, 0) is 0 Å². The van der Waals surface area contributed by atoms with Crippen LogP contribution in [0, 0.1) is 12.7 Å². The van der Waals surface area contributed by atoms with Crippen LogP contribution in [0.2, 0.25) is 0 Å². The molecule has 0 spiro atoms. The van der Waals surface area contributed by atoms with Gasteiger partial charge in [0.15, 0.2) is 0 Å². The second kappa shape index (κ2) is 6.37. The van der Waals surface area contributed by atoms with Gasteiger partial charge in [0.05, 0.1) is 6.61 Å². The number of rotatable bonds is 4. The highest BCUT2D eigenvalue weighted by Gasteiger charge is 2.18. The molecule has 0 aliphatic carbocycles. The zero-order valence-electron chi connectivity index (χ0n) is 11.4. The molecule has 1 unspecified atom stereocenters. The molecule has 106 valence electrons. The summed E-state index contributed by atoms with van der Waals surface area (Å²) in [7, 11) is 0. The monoisotopic (exact) mass is 338 g/mol. The average Bonchev–Trinajstić information content (AvgIpc) is 2.40. The van der Waals surface area contributed by atoms with Crippen LogP contribution in [0.25, 0.3) is 0 Å². The molecule has 0 aromatic heterocycles. The third-order valence-corrected chi connectivity index (χ3v) is 3.70. The predicted molar refractivity (Wildman–Crippen MR) is 80.5 cm³/mol. The van der Waals surface area contributed by atoms with E-state index in [4.69, 9.17) is 4.74 Å². The van der Waals surface area contributed by atoms with E-state index >= 15 is 0 Å². The van der Waals surface area contributed by atoms with E-state index in [1.165, 1.54) is 12.1 Å². The van der Waals surface area contributed by atoms with Gasteiger partial charge in [-0.15, -0.1) is 0 Å². The Kier molecular flexibility index (Phi) is 4.78. The van der Waals surface area contributed by atoms with E-state index in [9.17, 15) is 9.50 Å². The first-order valence-corrected chi connectivity index (χ1v) is 7.18. The van der Waals surface area contributed by atoms with Crippen LogP contribution in [0.15, 0.2) is 40.9 Å². The highest BCUT2D eigenvalue weighted by Crippen LogP contribution is 2.34. The molecule has 2 rings (SSSR count). The summed E-state index contributed by atoms with van der Waals surface area (Å²) in [5.74, 6) is 0.295. The highest BCUT2D eigenvalue weighted by molar-refractivity contribution is 9.10. The number of hydrogen-bond acceptors (Lipinski definition) is 2. The van der Waals surface area contributed by atoms with Crippen LogP contribution in [0.5, 0.6) is 5.75 Å². The van der Waals surface area contributed by atoms with Gasteiger partial charge in [0.2, 0.25) is 0 Å². The lowest BCUT2D eigenvalue weighted by atomic mass is 9.99. The smallest absolute Gasteiger partial charge is 0.125 e. The lowest BCUT2D eigenvalue weighted by molar-refractivity contribution is 0.211. The SMILES string of the molecule is CCOc1ccc(C)cc1C(O)c1ccc(F)cc1Br. The second-order valence-corrected chi connectivity index (χ2v) is 5.40. The van der Waals surface area contributed by atoms with Gasteiger partial charge < -0.3 is 9.84 Å². The summed E-state index contributed by atoms with van der Waals surface area (Å²) in [6, 6.07) is 9.90. The van der Waals surface area contributed by atoms with Crippen molar-refractivity contribution in [2.75, 3.05) is 6.61 Å². The van der Waals surface area contributed by atoms with Gasteiger partial charge in [-0.25, -0.2) is 4.39 Å². The molecule has 4 heteroatoms. The molecule has 0 heterocycles. The summed E-state index contributed by atoms with van der Waals surface area (Å²) in [5.41, 5.74) is 2.32. The molecule has 2 aromatic rings. The van der Waals surface area contributed by atoms with Gasteiger partial charge in [-0.3, -0.25) is 0 Å². The number of hydrogen-bond donors (Lipinski definition) is 1. The van der Waals surface area contributed by atoms with Crippen molar-refractivity contribution in [3.8, 4) is 5.75 Å². The molecule has 0 saturated heterocycles. The summed E-state index contributed by atoms with van der Waals surface area (Å²) >= 11 is 3.29. The first-order chi connectivity index (χ1) is 9.52. The first kappa shape index (κ1) is 15.0. The summed E-state index contributed by atoms with van der Waals surface area (Å²) in [6.07, 6.45) is -0.869. The van der Waals surface area contributed by atoms with Crippen molar-refractivity contribution in [3.63, 3.8) is 0 Å². The van der Waals surface area contributed by atoms with Crippen LogP contribution >= 0.6 is 15.9 Å². The zero-order chi connectivity index (χ0) is 14.7. The number of ether oxygens (including phenoxy) is 1. The minimum absolute atomic E-state index is 0.345. The molecule has 0 bridgehead atoms. The molecule has 0 aliphatic heterocycles. The van der Waals surface area contributed by atoms with E-state index in [0.29, 0.717) is 28.0 Å². The molecule has 2 aromatic carbocycles. The maximum atomic E-state index is 13.1. The van der Waals surface area contributed by atoms with Crippen molar-refractivity contribution in [2.45, 2.75) is 20.0 Å².